The average Bonchev–Trinajstić information content (AvgIpc) is 3.18. The topological polar surface area (TPSA) is 67.9 Å². The molecule has 0 radical (unpaired) electrons. The molecule has 3 rings (SSSR count). The van der Waals surface area contributed by atoms with Gasteiger partial charge in [0.25, 0.3) is 0 Å². The molecule has 0 atom stereocenters. The molecule has 0 aliphatic carbocycles. The zero-order valence-corrected chi connectivity index (χ0v) is 11.6. The van der Waals surface area contributed by atoms with Gasteiger partial charge in [0, 0.05) is 36.4 Å². The molecule has 2 aromatic heterocycles. The zero-order valence-electron chi connectivity index (χ0n) is 11.6. The maximum Gasteiger partial charge on any atom is 0.0666 e. The Bertz CT molecular complexity index is 690. The van der Waals surface area contributed by atoms with Gasteiger partial charge in [0.05, 0.1) is 25.0 Å². The fraction of sp³-hybridized carbons (Fsp3) is 0.200. The molecular formula is C15H17N5O. The van der Waals surface area contributed by atoms with Crippen molar-refractivity contribution in [3.8, 4) is 5.69 Å². The van der Waals surface area contributed by atoms with Crippen molar-refractivity contribution in [3.63, 3.8) is 0 Å². The van der Waals surface area contributed by atoms with Crippen LogP contribution in [0.2, 0.25) is 0 Å². The van der Waals surface area contributed by atoms with Gasteiger partial charge in [0.1, 0.15) is 0 Å². The average molecular weight is 283 g/mol. The first-order valence-corrected chi connectivity index (χ1v) is 6.81. The van der Waals surface area contributed by atoms with E-state index in [4.69, 9.17) is 5.11 Å². The third-order valence-electron chi connectivity index (χ3n) is 3.13. The summed E-state index contributed by atoms with van der Waals surface area (Å²) in [6.45, 7) is 1.31. The Balaban J connectivity index is 1.66. The number of aliphatic hydroxyl groups excluding tert-OH is 1. The van der Waals surface area contributed by atoms with Crippen molar-refractivity contribution in [1.29, 1.82) is 0 Å². The van der Waals surface area contributed by atoms with E-state index in [2.05, 4.69) is 15.5 Å². The first kappa shape index (κ1) is 13.4. The Morgan fingerprint density at radius 2 is 2.14 bits per heavy atom. The minimum atomic E-state index is 0.0977. The molecule has 3 aromatic rings. The first-order valence-electron chi connectivity index (χ1n) is 6.81. The van der Waals surface area contributed by atoms with E-state index in [-0.39, 0.29) is 6.61 Å². The smallest absolute Gasteiger partial charge is 0.0666 e. The van der Waals surface area contributed by atoms with Gasteiger partial charge >= 0.3 is 0 Å². The van der Waals surface area contributed by atoms with Crippen molar-refractivity contribution in [2.45, 2.75) is 13.1 Å². The van der Waals surface area contributed by atoms with E-state index < -0.39 is 0 Å². The van der Waals surface area contributed by atoms with Gasteiger partial charge in [0.15, 0.2) is 0 Å². The van der Waals surface area contributed by atoms with E-state index in [0.29, 0.717) is 13.1 Å². The number of rotatable bonds is 6. The maximum atomic E-state index is 8.87. The Morgan fingerprint density at radius 3 is 2.95 bits per heavy atom. The highest BCUT2D eigenvalue weighted by atomic mass is 16.3. The number of aliphatic hydroxyl groups is 1. The minimum absolute atomic E-state index is 0.0977. The summed E-state index contributed by atoms with van der Waals surface area (Å²) in [5, 5.41) is 20.6. The second-order valence-corrected chi connectivity index (χ2v) is 4.69. The van der Waals surface area contributed by atoms with E-state index >= 15 is 0 Å². The lowest BCUT2D eigenvalue weighted by Gasteiger charge is -2.07. The van der Waals surface area contributed by atoms with Crippen LogP contribution in [0.1, 0.15) is 5.56 Å². The summed E-state index contributed by atoms with van der Waals surface area (Å²) in [6.07, 6.45) is 7.41. The van der Waals surface area contributed by atoms with Gasteiger partial charge in [0.2, 0.25) is 0 Å². The summed E-state index contributed by atoms with van der Waals surface area (Å²) in [4.78, 5) is 0. The molecule has 0 fully saturated rings. The third kappa shape index (κ3) is 3.29. The molecule has 0 amide bonds. The lowest BCUT2D eigenvalue weighted by molar-refractivity contribution is 0.269. The van der Waals surface area contributed by atoms with Gasteiger partial charge in [-0.05, 0) is 24.3 Å². The highest BCUT2D eigenvalue weighted by Crippen LogP contribution is 2.14. The van der Waals surface area contributed by atoms with Gasteiger partial charge < -0.3 is 10.4 Å². The molecule has 6 heteroatoms. The fourth-order valence-corrected chi connectivity index (χ4v) is 2.11. The van der Waals surface area contributed by atoms with Crippen molar-refractivity contribution in [2.75, 3.05) is 11.9 Å². The molecule has 2 N–H and O–H groups in total. The van der Waals surface area contributed by atoms with Crippen molar-refractivity contribution in [3.05, 3.63) is 60.7 Å². The lowest BCUT2D eigenvalue weighted by atomic mass is 10.2. The van der Waals surface area contributed by atoms with Gasteiger partial charge in [-0.2, -0.15) is 10.2 Å². The zero-order chi connectivity index (χ0) is 14.5. The standard InChI is InChI=1S/C15H17N5O/c21-8-7-19-12-13(11-18-19)10-16-14-3-1-4-15(9-14)20-6-2-5-17-20/h1-6,9,11-12,16,21H,7-8,10H2. The Morgan fingerprint density at radius 1 is 1.19 bits per heavy atom. The molecule has 1 aromatic carbocycles. The molecule has 0 saturated heterocycles. The highest BCUT2D eigenvalue weighted by Gasteiger charge is 2.01. The molecular weight excluding hydrogens is 266 g/mol. The summed E-state index contributed by atoms with van der Waals surface area (Å²) in [5.74, 6) is 0. The lowest BCUT2D eigenvalue weighted by Crippen LogP contribution is -2.02. The largest absolute Gasteiger partial charge is 0.394 e. The van der Waals surface area contributed by atoms with Crippen LogP contribution < -0.4 is 5.32 Å². The summed E-state index contributed by atoms with van der Waals surface area (Å²) in [7, 11) is 0. The maximum absolute atomic E-state index is 8.87. The quantitative estimate of drug-likeness (QED) is 0.722. The number of benzene rings is 1. The van der Waals surface area contributed by atoms with Gasteiger partial charge in [-0.25, -0.2) is 4.68 Å². The second kappa shape index (κ2) is 6.23. The molecule has 0 spiro atoms. The molecule has 0 saturated carbocycles. The number of anilines is 1. The van der Waals surface area contributed by atoms with Crippen LogP contribution >= 0.6 is 0 Å². The molecule has 0 aliphatic rings. The number of nitrogens with one attached hydrogen (secondary N) is 1. The van der Waals surface area contributed by atoms with Crippen LogP contribution in [0, 0.1) is 0 Å². The van der Waals surface area contributed by atoms with E-state index in [1.807, 2.05) is 47.4 Å². The predicted octanol–water partition coefficient (Wildman–Crippen LogP) is 1.67. The van der Waals surface area contributed by atoms with E-state index in [0.717, 1.165) is 16.9 Å². The number of hydrogen-bond acceptors (Lipinski definition) is 4. The molecule has 0 bridgehead atoms. The predicted molar refractivity (Wildman–Crippen MR) is 80.2 cm³/mol. The molecule has 0 unspecified atom stereocenters. The molecule has 21 heavy (non-hydrogen) atoms. The van der Waals surface area contributed by atoms with E-state index in [1.54, 1.807) is 17.1 Å². The van der Waals surface area contributed by atoms with Gasteiger partial charge in [-0.15, -0.1) is 0 Å². The summed E-state index contributed by atoms with van der Waals surface area (Å²) in [5.41, 5.74) is 3.12. The Hall–Kier alpha value is -2.60. The van der Waals surface area contributed by atoms with Crippen LogP contribution in [0.5, 0.6) is 0 Å². The van der Waals surface area contributed by atoms with Crippen molar-refractivity contribution in [1.82, 2.24) is 19.6 Å². The normalized spacial score (nSPS) is 10.7. The van der Waals surface area contributed by atoms with Crippen LogP contribution in [0.3, 0.4) is 0 Å². The number of aromatic nitrogens is 4. The van der Waals surface area contributed by atoms with E-state index in [9.17, 15) is 0 Å². The number of nitrogens with zero attached hydrogens (tertiary/aromatic N) is 4. The number of hydrogen-bond donors (Lipinski definition) is 2. The SMILES string of the molecule is OCCn1cc(CNc2cccc(-n3cccn3)c2)cn1. The Kier molecular flexibility index (Phi) is 3.97. The summed E-state index contributed by atoms with van der Waals surface area (Å²) < 4.78 is 3.56. The monoisotopic (exact) mass is 283 g/mol. The third-order valence-corrected chi connectivity index (χ3v) is 3.13. The van der Waals surface area contributed by atoms with Crippen LogP contribution in [0.4, 0.5) is 5.69 Å². The van der Waals surface area contributed by atoms with Gasteiger partial charge in [-0.3, -0.25) is 4.68 Å². The summed E-state index contributed by atoms with van der Waals surface area (Å²) in [6, 6.07) is 9.97. The van der Waals surface area contributed by atoms with Crippen molar-refractivity contribution >= 4 is 5.69 Å². The molecule has 108 valence electrons. The van der Waals surface area contributed by atoms with E-state index in [1.165, 1.54) is 0 Å². The van der Waals surface area contributed by atoms with Crippen molar-refractivity contribution in [2.24, 2.45) is 0 Å². The first-order chi connectivity index (χ1) is 10.3. The molecule has 0 aliphatic heterocycles. The van der Waals surface area contributed by atoms with Gasteiger partial charge in [-0.1, -0.05) is 6.07 Å². The fourth-order valence-electron chi connectivity index (χ4n) is 2.11. The van der Waals surface area contributed by atoms with Crippen LogP contribution in [-0.2, 0) is 13.1 Å². The minimum Gasteiger partial charge on any atom is -0.394 e. The summed E-state index contributed by atoms with van der Waals surface area (Å²) >= 11 is 0. The second-order valence-electron chi connectivity index (χ2n) is 4.69. The van der Waals surface area contributed by atoms with Crippen molar-refractivity contribution < 1.29 is 5.11 Å². The van der Waals surface area contributed by atoms with Crippen LogP contribution in [0.25, 0.3) is 5.69 Å². The molecule has 6 nitrogen and oxygen atoms in total. The molecule has 2 heterocycles. The van der Waals surface area contributed by atoms with Crippen LogP contribution in [-0.4, -0.2) is 31.3 Å². The highest BCUT2D eigenvalue weighted by molar-refractivity contribution is 5.51. The van der Waals surface area contributed by atoms with Crippen LogP contribution in [0.15, 0.2) is 55.1 Å². The Labute approximate surface area is 122 Å².